The summed E-state index contributed by atoms with van der Waals surface area (Å²) in [5.41, 5.74) is 0. The van der Waals surface area contributed by atoms with Crippen LogP contribution < -0.4 is 5.32 Å². The number of hydrogen-bond acceptors (Lipinski definition) is 3. The van der Waals surface area contributed by atoms with Crippen LogP contribution in [0.5, 0.6) is 0 Å². The van der Waals surface area contributed by atoms with E-state index in [-0.39, 0.29) is 24.2 Å². The van der Waals surface area contributed by atoms with Gasteiger partial charge in [0.15, 0.2) is 0 Å². The van der Waals surface area contributed by atoms with E-state index in [1.807, 2.05) is 19.1 Å². The van der Waals surface area contributed by atoms with Gasteiger partial charge in [0.2, 0.25) is 5.91 Å². The highest BCUT2D eigenvalue weighted by Crippen LogP contribution is 2.25. The van der Waals surface area contributed by atoms with Crippen molar-refractivity contribution in [3.8, 4) is 0 Å². The maximum Gasteiger partial charge on any atom is 0.307 e. The zero-order valence-electron chi connectivity index (χ0n) is 10.4. The molecule has 0 saturated heterocycles. The smallest absolute Gasteiger partial charge is 0.307 e. The minimum atomic E-state index is -0.264. The third kappa shape index (κ3) is 5.52. The predicted octanol–water partition coefficient (Wildman–Crippen LogP) is 1.80. The predicted molar refractivity (Wildman–Crippen MR) is 65.4 cm³/mol. The van der Waals surface area contributed by atoms with Crippen LogP contribution in [0.15, 0.2) is 12.2 Å². The fourth-order valence-corrected chi connectivity index (χ4v) is 1.55. The van der Waals surface area contributed by atoms with Gasteiger partial charge in [0.05, 0.1) is 6.42 Å². The van der Waals surface area contributed by atoms with Crippen molar-refractivity contribution in [1.29, 1.82) is 0 Å². The quantitative estimate of drug-likeness (QED) is 0.544. The van der Waals surface area contributed by atoms with Crippen LogP contribution in [0.1, 0.15) is 39.0 Å². The van der Waals surface area contributed by atoms with Gasteiger partial charge in [0.1, 0.15) is 6.61 Å². The minimum Gasteiger partial charge on any atom is -0.461 e. The number of rotatable bonds is 7. The van der Waals surface area contributed by atoms with Gasteiger partial charge in [0, 0.05) is 12.5 Å². The number of carbonyl (C=O) groups excluding carboxylic acids is 2. The van der Waals surface area contributed by atoms with Crippen LogP contribution in [0, 0.1) is 5.92 Å². The van der Waals surface area contributed by atoms with E-state index in [0.29, 0.717) is 13.2 Å². The van der Waals surface area contributed by atoms with E-state index < -0.39 is 0 Å². The summed E-state index contributed by atoms with van der Waals surface area (Å²) in [5, 5.41) is 2.76. The fourth-order valence-electron chi connectivity index (χ4n) is 1.55. The first kappa shape index (κ1) is 13.7. The summed E-state index contributed by atoms with van der Waals surface area (Å²) in [6.07, 6.45) is 8.07. The number of hydrogen-bond donors (Lipinski definition) is 1. The molecule has 0 aromatic rings. The Morgan fingerprint density at radius 1 is 1.35 bits per heavy atom. The summed E-state index contributed by atoms with van der Waals surface area (Å²) in [6.45, 7) is 2.73. The Kier molecular flexibility index (Phi) is 6.37. The molecule has 4 heteroatoms. The first-order valence-electron chi connectivity index (χ1n) is 6.32. The van der Waals surface area contributed by atoms with E-state index in [1.54, 1.807) is 0 Å². The molecule has 1 amide bonds. The fraction of sp³-hybridized carbons (Fsp3) is 0.692. The molecule has 0 bridgehead atoms. The number of allylic oxidation sites excluding steroid dienone is 1. The van der Waals surface area contributed by atoms with Gasteiger partial charge in [0.25, 0.3) is 0 Å². The van der Waals surface area contributed by atoms with Gasteiger partial charge in [-0.1, -0.05) is 25.5 Å². The van der Waals surface area contributed by atoms with E-state index >= 15 is 0 Å². The van der Waals surface area contributed by atoms with Crippen molar-refractivity contribution in [3.05, 3.63) is 12.2 Å². The molecule has 1 saturated carbocycles. The van der Waals surface area contributed by atoms with Crippen molar-refractivity contribution in [1.82, 2.24) is 5.32 Å². The first-order valence-corrected chi connectivity index (χ1v) is 6.32. The summed E-state index contributed by atoms with van der Waals surface area (Å²) in [5.74, 6) is -0.00639. The summed E-state index contributed by atoms with van der Waals surface area (Å²) >= 11 is 0. The zero-order valence-corrected chi connectivity index (χ0v) is 10.4. The monoisotopic (exact) mass is 239 g/mol. The van der Waals surface area contributed by atoms with Crippen molar-refractivity contribution in [3.63, 3.8) is 0 Å². The topological polar surface area (TPSA) is 55.4 Å². The number of esters is 1. The molecule has 1 aliphatic carbocycles. The van der Waals surface area contributed by atoms with Crippen LogP contribution in [0.25, 0.3) is 0 Å². The van der Waals surface area contributed by atoms with Crippen LogP contribution >= 0.6 is 0 Å². The second-order valence-corrected chi connectivity index (χ2v) is 4.23. The second kappa shape index (κ2) is 7.87. The minimum absolute atomic E-state index is 0.0786. The van der Waals surface area contributed by atoms with E-state index in [9.17, 15) is 9.59 Å². The maximum absolute atomic E-state index is 11.4. The van der Waals surface area contributed by atoms with Gasteiger partial charge in [-0.25, -0.2) is 0 Å². The SMILES string of the molecule is CC/C=C/COC(=O)CCNC(=O)C1CCC1. The van der Waals surface area contributed by atoms with Gasteiger partial charge in [-0.3, -0.25) is 9.59 Å². The molecule has 0 radical (unpaired) electrons. The molecule has 0 aliphatic heterocycles. The van der Waals surface area contributed by atoms with Gasteiger partial charge in [-0.05, 0) is 19.3 Å². The highest BCUT2D eigenvalue weighted by atomic mass is 16.5. The summed E-state index contributed by atoms with van der Waals surface area (Å²) in [6, 6.07) is 0. The largest absolute Gasteiger partial charge is 0.461 e. The van der Waals surface area contributed by atoms with Gasteiger partial charge >= 0.3 is 5.97 Å². The molecule has 0 spiro atoms. The Bertz CT molecular complexity index is 282. The number of carbonyl (C=O) groups is 2. The van der Waals surface area contributed by atoms with E-state index in [2.05, 4.69) is 5.32 Å². The molecule has 1 aliphatic rings. The molecule has 0 aromatic heterocycles. The number of ether oxygens (including phenoxy) is 1. The maximum atomic E-state index is 11.4. The molecule has 0 aromatic carbocycles. The molecule has 17 heavy (non-hydrogen) atoms. The highest BCUT2D eigenvalue weighted by molar-refractivity contribution is 5.80. The van der Waals surface area contributed by atoms with Crippen molar-refractivity contribution in [2.45, 2.75) is 39.0 Å². The Labute approximate surface area is 102 Å². The van der Waals surface area contributed by atoms with Crippen molar-refractivity contribution in [2.24, 2.45) is 5.92 Å². The number of nitrogens with one attached hydrogen (secondary N) is 1. The highest BCUT2D eigenvalue weighted by Gasteiger charge is 2.24. The summed E-state index contributed by atoms with van der Waals surface area (Å²) < 4.78 is 4.95. The Hall–Kier alpha value is -1.32. The Balaban J connectivity index is 1.99. The van der Waals surface area contributed by atoms with E-state index in [1.165, 1.54) is 0 Å². The molecule has 1 rings (SSSR count). The molecule has 4 nitrogen and oxygen atoms in total. The molecule has 96 valence electrons. The van der Waals surface area contributed by atoms with Gasteiger partial charge < -0.3 is 10.1 Å². The number of amides is 1. The van der Waals surface area contributed by atoms with Gasteiger partial charge in [-0.2, -0.15) is 0 Å². The summed E-state index contributed by atoms with van der Waals surface area (Å²) in [4.78, 5) is 22.7. The van der Waals surface area contributed by atoms with Crippen molar-refractivity contribution in [2.75, 3.05) is 13.2 Å². The van der Waals surface area contributed by atoms with Crippen LogP contribution in [0.3, 0.4) is 0 Å². The Morgan fingerprint density at radius 3 is 2.71 bits per heavy atom. The van der Waals surface area contributed by atoms with Crippen LogP contribution in [-0.4, -0.2) is 25.0 Å². The molecule has 0 atom stereocenters. The third-order valence-electron chi connectivity index (χ3n) is 2.85. The lowest BCUT2D eigenvalue weighted by atomic mass is 9.85. The molecular formula is C13H21NO3. The third-order valence-corrected chi connectivity index (χ3v) is 2.85. The Morgan fingerprint density at radius 2 is 2.12 bits per heavy atom. The first-order chi connectivity index (χ1) is 8.24. The second-order valence-electron chi connectivity index (χ2n) is 4.23. The molecular weight excluding hydrogens is 218 g/mol. The van der Waals surface area contributed by atoms with Crippen molar-refractivity contribution >= 4 is 11.9 Å². The lowest BCUT2D eigenvalue weighted by molar-refractivity contribution is -0.142. The van der Waals surface area contributed by atoms with E-state index in [0.717, 1.165) is 25.7 Å². The molecule has 0 heterocycles. The molecule has 1 fully saturated rings. The lowest BCUT2D eigenvalue weighted by Crippen LogP contribution is -2.35. The standard InChI is InChI=1S/C13H21NO3/c1-2-3-4-10-17-12(15)8-9-14-13(16)11-6-5-7-11/h3-4,11H,2,5-10H2,1H3,(H,14,16)/b4-3+. The average Bonchev–Trinajstić information content (AvgIpc) is 2.22. The van der Waals surface area contributed by atoms with Crippen LogP contribution in [0.4, 0.5) is 0 Å². The van der Waals surface area contributed by atoms with Crippen LogP contribution in [-0.2, 0) is 14.3 Å². The van der Waals surface area contributed by atoms with Crippen molar-refractivity contribution < 1.29 is 14.3 Å². The molecule has 0 unspecified atom stereocenters. The normalized spacial score (nSPS) is 15.6. The molecule has 1 N–H and O–H groups in total. The van der Waals surface area contributed by atoms with Gasteiger partial charge in [-0.15, -0.1) is 0 Å². The summed E-state index contributed by atoms with van der Waals surface area (Å²) in [7, 11) is 0. The average molecular weight is 239 g/mol. The lowest BCUT2D eigenvalue weighted by Gasteiger charge is -2.23. The zero-order chi connectivity index (χ0) is 12.5. The van der Waals surface area contributed by atoms with E-state index in [4.69, 9.17) is 4.74 Å². The van der Waals surface area contributed by atoms with Crippen LogP contribution in [0.2, 0.25) is 0 Å².